The fourth-order valence-corrected chi connectivity index (χ4v) is 4.47. The van der Waals surface area contributed by atoms with Crippen LogP contribution in [0.4, 0.5) is 0 Å². The van der Waals surface area contributed by atoms with Gasteiger partial charge in [0.15, 0.2) is 0 Å². The predicted molar refractivity (Wildman–Crippen MR) is 70.2 cm³/mol. The molecule has 0 aliphatic rings. The van der Waals surface area contributed by atoms with Gasteiger partial charge >= 0.3 is 0 Å². The maximum absolute atomic E-state index is 11.8. The second-order valence-corrected chi connectivity index (χ2v) is 7.92. The summed E-state index contributed by atoms with van der Waals surface area (Å²) in [5.41, 5.74) is 0.892. The van der Waals surface area contributed by atoms with Gasteiger partial charge in [-0.3, -0.25) is 0 Å². The molecule has 0 fully saturated rings. The van der Waals surface area contributed by atoms with E-state index in [9.17, 15) is 8.42 Å². The molecule has 0 radical (unpaired) electrons. The SMILES string of the molecule is Cc1csc(CNS(=O)(=O)c2ccc(Cl)s2)n1. The van der Waals surface area contributed by atoms with Crippen molar-refractivity contribution in [3.8, 4) is 0 Å². The molecule has 0 bridgehead atoms. The minimum atomic E-state index is -3.48. The molecule has 0 saturated carbocycles. The molecule has 92 valence electrons. The smallest absolute Gasteiger partial charge is 0.245 e. The molecule has 0 saturated heterocycles. The van der Waals surface area contributed by atoms with Crippen molar-refractivity contribution in [3.63, 3.8) is 0 Å². The summed E-state index contributed by atoms with van der Waals surface area (Å²) in [5, 5.41) is 2.62. The Bertz CT molecular complexity index is 618. The third kappa shape index (κ3) is 3.26. The summed E-state index contributed by atoms with van der Waals surface area (Å²) in [4.78, 5) is 4.18. The van der Waals surface area contributed by atoms with Crippen molar-refractivity contribution in [3.05, 3.63) is 32.6 Å². The first-order valence-electron chi connectivity index (χ1n) is 4.63. The van der Waals surface area contributed by atoms with E-state index in [1.165, 1.54) is 17.4 Å². The molecule has 0 amide bonds. The zero-order valence-electron chi connectivity index (χ0n) is 8.81. The van der Waals surface area contributed by atoms with Crippen LogP contribution in [0.5, 0.6) is 0 Å². The molecule has 17 heavy (non-hydrogen) atoms. The van der Waals surface area contributed by atoms with Gasteiger partial charge in [0.1, 0.15) is 9.22 Å². The number of rotatable bonds is 4. The topological polar surface area (TPSA) is 59.1 Å². The molecule has 2 aromatic heterocycles. The highest BCUT2D eigenvalue weighted by Gasteiger charge is 2.16. The van der Waals surface area contributed by atoms with E-state index < -0.39 is 10.0 Å². The van der Waals surface area contributed by atoms with Crippen molar-refractivity contribution in [2.24, 2.45) is 0 Å². The van der Waals surface area contributed by atoms with E-state index in [-0.39, 0.29) is 10.8 Å². The maximum Gasteiger partial charge on any atom is 0.250 e. The largest absolute Gasteiger partial charge is 0.250 e. The van der Waals surface area contributed by atoms with E-state index in [1.54, 1.807) is 6.07 Å². The van der Waals surface area contributed by atoms with E-state index >= 15 is 0 Å². The number of halogens is 1. The Morgan fingerprint density at radius 1 is 1.47 bits per heavy atom. The molecular formula is C9H9ClN2O2S3. The van der Waals surface area contributed by atoms with Gasteiger partial charge in [-0.05, 0) is 19.1 Å². The van der Waals surface area contributed by atoms with E-state index in [4.69, 9.17) is 11.6 Å². The van der Waals surface area contributed by atoms with Gasteiger partial charge in [-0.15, -0.1) is 22.7 Å². The van der Waals surface area contributed by atoms with Crippen LogP contribution in [0.15, 0.2) is 21.7 Å². The van der Waals surface area contributed by atoms with Gasteiger partial charge in [-0.2, -0.15) is 0 Å². The van der Waals surface area contributed by atoms with Crippen LogP contribution in [-0.2, 0) is 16.6 Å². The fourth-order valence-electron chi connectivity index (χ4n) is 1.15. The summed E-state index contributed by atoms with van der Waals surface area (Å²) < 4.78 is 26.8. The second kappa shape index (κ2) is 5.03. The predicted octanol–water partition coefficient (Wildman–Crippen LogP) is 2.64. The standard InChI is InChI=1S/C9H9ClN2O2S3/c1-6-5-15-8(12-6)4-11-17(13,14)9-3-2-7(10)16-9/h2-3,5,11H,4H2,1H3. The molecule has 2 heterocycles. The van der Waals surface area contributed by atoms with Gasteiger partial charge in [0.05, 0.1) is 10.9 Å². The van der Waals surface area contributed by atoms with E-state index in [0.29, 0.717) is 4.34 Å². The van der Waals surface area contributed by atoms with Crippen LogP contribution in [0, 0.1) is 6.92 Å². The summed E-state index contributed by atoms with van der Waals surface area (Å²) in [6.45, 7) is 2.07. The number of nitrogens with zero attached hydrogens (tertiary/aromatic N) is 1. The summed E-state index contributed by atoms with van der Waals surface area (Å²) in [7, 11) is -3.48. The van der Waals surface area contributed by atoms with Crippen LogP contribution >= 0.6 is 34.3 Å². The second-order valence-electron chi connectivity index (χ2n) is 3.27. The summed E-state index contributed by atoms with van der Waals surface area (Å²) >= 11 is 8.17. The highest BCUT2D eigenvalue weighted by atomic mass is 35.5. The van der Waals surface area contributed by atoms with E-state index in [2.05, 4.69) is 9.71 Å². The Labute approximate surface area is 112 Å². The molecule has 1 N–H and O–H groups in total. The number of aromatic nitrogens is 1. The van der Waals surface area contributed by atoms with Crippen LogP contribution in [0.3, 0.4) is 0 Å². The molecule has 0 aromatic carbocycles. The number of nitrogens with one attached hydrogen (secondary N) is 1. The first-order chi connectivity index (χ1) is 7.97. The minimum absolute atomic E-state index is 0.205. The molecule has 0 atom stereocenters. The highest BCUT2D eigenvalue weighted by molar-refractivity contribution is 7.91. The Balaban J connectivity index is 2.08. The van der Waals surface area contributed by atoms with Gasteiger partial charge in [-0.1, -0.05) is 11.6 Å². The lowest BCUT2D eigenvalue weighted by Crippen LogP contribution is -2.22. The number of aryl methyl sites for hydroxylation is 1. The van der Waals surface area contributed by atoms with E-state index in [0.717, 1.165) is 22.0 Å². The third-order valence-corrected chi connectivity index (χ3v) is 5.98. The first-order valence-corrected chi connectivity index (χ1v) is 8.19. The number of hydrogen-bond acceptors (Lipinski definition) is 5. The lowest BCUT2D eigenvalue weighted by atomic mass is 10.6. The Morgan fingerprint density at radius 2 is 2.24 bits per heavy atom. The van der Waals surface area contributed by atoms with Crippen molar-refractivity contribution in [2.45, 2.75) is 17.7 Å². The van der Waals surface area contributed by atoms with Crippen LogP contribution < -0.4 is 4.72 Å². The van der Waals surface area contributed by atoms with Crippen molar-refractivity contribution >= 4 is 44.3 Å². The molecule has 8 heteroatoms. The van der Waals surface area contributed by atoms with Crippen LogP contribution in [0.2, 0.25) is 4.34 Å². The van der Waals surface area contributed by atoms with Gasteiger partial charge in [-0.25, -0.2) is 18.1 Å². The Kier molecular flexibility index (Phi) is 3.84. The molecule has 0 aliphatic carbocycles. The zero-order chi connectivity index (χ0) is 12.5. The van der Waals surface area contributed by atoms with E-state index in [1.807, 2.05) is 12.3 Å². The number of thiazole rings is 1. The number of thiophene rings is 1. The van der Waals surface area contributed by atoms with Crippen molar-refractivity contribution in [1.29, 1.82) is 0 Å². The highest BCUT2D eigenvalue weighted by Crippen LogP contribution is 2.25. The third-order valence-electron chi connectivity index (χ3n) is 1.89. The quantitative estimate of drug-likeness (QED) is 0.944. The van der Waals surface area contributed by atoms with Crippen molar-refractivity contribution in [1.82, 2.24) is 9.71 Å². The lowest BCUT2D eigenvalue weighted by Gasteiger charge is -2.01. The average Bonchev–Trinajstić information content (AvgIpc) is 2.85. The van der Waals surface area contributed by atoms with Crippen LogP contribution in [0.1, 0.15) is 10.7 Å². The van der Waals surface area contributed by atoms with Crippen LogP contribution in [-0.4, -0.2) is 13.4 Å². The molecule has 4 nitrogen and oxygen atoms in total. The summed E-state index contributed by atoms with van der Waals surface area (Å²) in [6.07, 6.45) is 0. The van der Waals surface area contributed by atoms with Crippen LogP contribution in [0.25, 0.3) is 0 Å². The maximum atomic E-state index is 11.8. The normalized spacial score (nSPS) is 11.9. The number of sulfonamides is 1. The molecular weight excluding hydrogens is 300 g/mol. The summed E-state index contributed by atoms with van der Waals surface area (Å²) in [5.74, 6) is 0. The zero-order valence-corrected chi connectivity index (χ0v) is 12.0. The molecule has 2 aromatic rings. The molecule has 2 rings (SSSR count). The first kappa shape index (κ1) is 13.0. The minimum Gasteiger partial charge on any atom is -0.245 e. The van der Waals surface area contributed by atoms with Gasteiger partial charge < -0.3 is 0 Å². The van der Waals surface area contributed by atoms with Crippen molar-refractivity contribution < 1.29 is 8.42 Å². The average molecular weight is 309 g/mol. The summed E-state index contributed by atoms with van der Waals surface area (Å²) in [6, 6.07) is 3.05. The van der Waals surface area contributed by atoms with Gasteiger partial charge in [0.25, 0.3) is 0 Å². The Morgan fingerprint density at radius 3 is 2.76 bits per heavy atom. The monoisotopic (exact) mass is 308 g/mol. The van der Waals surface area contributed by atoms with Crippen molar-refractivity contribution in [2.75, 3.05) is 0 Å². The molecule has 0 spiro atoms. The Hall–Kier alpha value is -0.470. The van der Waals surface area contributed by atoms with Gasteiger partial charge in [0.2, 0.25) is 10.0 Å². The molecule has 0 unspecified atom stereocenters. The number of hydrogen-bond donors (Lipinski definition) is 1. The molecule has 0 aliphatic heterocycles. The fraction of sp³-hybridized carbons (Fsp3) is 0.222. The lowest BCUT2D eigenvalue weighted by molar-refractivity contribution is 0.583. The van der Waals surface area contributed by atoms with Gasteiger partial charge in [0, 0.05) is 11.1 Å².